The molecule has 2 rings (SSSR count). The van der Waals surface area contributed by atoms with Crippen LogP contribution in [0.5, 0.6) is 0 Å². The second-order valence-electron chi connectivity index (χ2n) is 4.65. The molecule has 0 bridgehead atoms. The van der Waals surface area contributed by atoms with Gasteiger partial charge in [-0.3, -0.25) is 4.79 Å². The molecule has 2 amide bonds. The molecule has 2 N–H and O–H groups in total. The zero-order valence-electron chi connectivity index (χ0n) is 10.5. The average molecular weight is 266 g/mol. The lowest BCUT2D eigenvalue weighted by Crippen LogP contribution is -2.46. The Morgan fingerprint density at radius 3 is 3.00 bits per heavy atom. The van der Waals surface area contributed by atoms with Crippen molar-refractivity contribution < 1.29 is 19.1 Å². The zero-order chi connectivity index (χ0) is 14.0. The average Bonchev–Trinajstić information content (AvgIpc) is 2.31. The van der Waals surface area contributed by atoms with E-state index in [1.807, 2.05) is 0 Å². The van der Waals surface area contributed by atoms with Gasteiger partial charge in [-0.25, -0.2) is 9.18 Å². The van der Waals surface area contributed by atoms with E-state index in [0.29, 0.717) is 30.6 Å². The fraction of sp³-hybridized carbons (Fsp3) is 0.385. The predicted molar refractivity (Wildman–Crippen MR) is 66.6 cm³/mol. The third-order valence-electron chi connectivity index (χ3n) is 3.10. The van der Waals surface area contributed by atoms with E-state index in [0.717, 1.165) is 0 Å². The van der Waals surface area contributed by atoms with Crippen LogP contribution in [0.4, 0.5) is 9.18 Å². The van der Waals surface area contributed by atoms with E-state index in [1.165, 1.54) is 18.2 Å². The summed E-state index contributed by atoms with van der Waals surface area (Å²) in [6, 6.07) is 3.78. The molecule has 6 heteroatoms. The third kappa shape index (κ3) is 3.01. The van der Waals surface area contributed by atoms with E-state index >= 15 is 0 Å². The van der Waals surface area contributed by atoms with E-state index in [4.69, 9.17) is 5.11 Å². The van der Waals surface area contributed by atoms with E-state index in [9.17, 15) is 14.0 Å². The number of hydrogen-bond donors (Lipinski definition) is 2. The highest BCUT2D eigenvalue weighted by Gasteiger charge is 2.25. The lowest BCUT2D eigenvalue weighted by molar-refractivity contribution is 0.0723. The molecule has 102 valence electrons. The van der Waals surface area contributed by atoms with Gasteiger partial charge >= 0.3 is 6.09 Å². The molecule has 5 nitrogen and oxygen atoms in total. The summed E-state index contributed by atoms with van der Waals surface area (Å²) < 4.78 is 13.1. The Morgan fingerprint density at radius 2 is 2.32 bits per heavy atom. The van der Waals surface area contributed by atoms with Gasteiger partial charge < -0.3 is 15.3 Å². The summed E-state index contributed by atoms with van der Waals surface area (Å²) >= 11 is 0. The highest BCUT2D eigenvalue weighted by atomic mass is 19.1. The van der Waals surface area contributed by atoms with E-state index in [2.05, 4.69) is 5.32 Å². The first-order chi connectivity index (χ1) is 8.97. The number of carbonyl (C=O) groups is 2. The van der Waals surface area contributed by atoms with Gasteiger partial charge in [-0.15, -0.1) is 0 Å². The Balaban J connectivity index is 2.09. The number of nitrogens with one attached hydrogen (secondary N) is 1. The SMILES string of the molecule is CC(CN1CCc2cc(F)ccc2C1=O)NC(=O)O. The van der Waals surface area contributed by atoms with Crippen LogP contribution < -0.4 is 5.32 Å². The van der Waals surface area contributed by atoms with Crippen LogP contribution in [0.3, 0.4) is 0 Å². The zero-order valence-corrected chi connectivity index (χ0v) is 10.5. The van der Waals surface area contributed by atoms with Crippen molar-refractivity contribution in [1.29, 1.82) is 0 Å². The van der Waals surface area contributed by atoms with Crippen LogP contribution >= 0.6 is 0 Å². The predicted octanol–water partition coefficient (Wildman–Crippen LogP) is 1.48. The summed E-state index contributed by atoms with van der Waals surface area (Å²) in [6.45, 7) is 2.48. The fourth-order valence-electron chi connectivity index (χ4n) is 2.27. The monoisotopic (exact) mass is 266 g/mol. The topological polar surface area (TPSA) is 69.6 Å². The standard InChI is InChI=1S/C13H15FN2O3/c1-8(15-13(18)19)7-16-5-4-9-6-10(14)2-3-11(9)12(16)17/h2-3,6,8,15H,4-5,7H2,1H3,(H,18,19). The maximum atomic E-state index is 13.1. The minimum absolute atomic E-state index is 0.180. The normalized spacial score (nSPS) is 15.9. The summed E-state index contributed by atoms with van der Waals surface area (Å²) in [5.74, 6) is -0.527. The number of rotatable bonds is 3. The Labute approximate surface area is 110 Å². The lowest BCUT2D eigenvalue weighted by atomic mass is 9.98. The summed E-state index contributed by atoms with van der Waals surface area (Å²) in [6.07, 6.45) is -0.530. The van der Waals surface area contributed by atoms with Gasteiger partial charge in [-0.1, -0.05) is 0 Å². The molecule has 1 atom stereocenters. The van der Waals surface area contributed by atoms with Gasteiger partial charge in [-0.2, -0.15) is 0 Å². The number of amides is 2. The van der Waals surface area contributed by atoms with E-state index in [1.54, 1.807) is 11.8 Å². The van der Waals surface area contributed by atoms with Crippen LogP contribution in [0.25, 0.3) is 0 Å². The molecule has 1 heterocycles. The molecule has 0 aliphatic carbocycles. The van der Waals surface area contributed by atoms with Crippen molar-refractivity contribution in [2.24, 2.45) is 0 Å². The molecule has 1 aliphatic heterocycles. The molecule has 1 aromatic rings. The van der Waals surface area contributed by atoms with Crippen molar-refractivity contribution in [1.82, 2.24) is 10.2 Å². The maximum absolute atomic E-state index is 13.1. The van der Waals surface area contributed by atoms with Gasteiger partial charge in [0.25, 0.3) is 5.91 Å². The lowest BCUT2D eigenvalue weighted by Gasteiger charge is -2.30. The molecular formula is C13H15FN2O3. The third-order valence-corrected chi connectivity index (χ3v) is 3.10. The molecule has 1 unspecified atom stereocenters. The van der Waals surface area contributed by atoms with Crippen LogP contribution in [0.15, 0.2) is 18.2 Å². The van der Waals surface area contributed by atoms with Gasteiger partial charge in [0.2, 0.25) is 0 Å². The van der Waals surface area contributed by atoms with Crippen LogP contribution in [-0.4, -0.2) is 41.1 Å². The molecule has 0 aromatic heterocycles. The smallest absolute Gasteiger partial charge is 0.404 e. The molecule has 1 aromatic carbocycles. The van der Waals surface area contributed by atoms with Crippen LogP contribution in [0.1, 0.15) is 22.8 Å². The van der Waals surface area contributed by atoms with E-state index in [-0.39, 0.29) is 17.8 Å². The molecule has 19 heavy (non-hydrogen) atoms. The van der Waals surface area contributed by atoms with Crippen molar-refractivity contribution in [3.05, 3.63) is 35.1 Å². The van der Waals surface area contributed by atoms with Crippen molar-refractivity contribution in [3.8, 4) is 0 Å². The van der Waals surface area contributed by atoms with Crippen molar-refractivity contribution >= 4 is 12.0 Å². The Morgan fingerprint density at radius 1 is 1.58 bits per heavy atom. The number of benzene rings is 1. The Bertz CT molecular complexity index is 519. The minimum atomic E-state index is -1.11. The highest BCUT2D eigenvalue weighted by molar-refractivity contribution is 5.96. The Hall–Kier alpha value is -2.11. The van der Waals surface area contributed by atoms with Crippen LogP contribution in [0, 0.1) is 5.82 Å². The van der Waals surface area contributed by atoms with Gasteiger partial charge in [0.1, 0.15) is 5.82 Å². The van der Waals surface area contributed by atoms with Crippen LogP contribution in [-0.2, 0) is 6.42 Å². The quantitative estimate of drug-likeness (QED) is 0.870. The number of carboxylic acid groups (broad SMARTS) is 1. The first-order valence-corrected chi connectivity index (χ1v) is 6.04. The minimum Gasteiger partial charge on any atom is -0.465 e. The summed E-state index contributed by atoms with van der Waals surface area (Å²) in [5.41, 5.74) is 1.20. The fourth-order valence-corrected chi connectivity index (χ4v) is 2.27. The molecular weight excluding hydrogens is 251 g/mol. The van der Waals surface area contributed by atoms with Gasteiger partial charge in [-0.05, 0) is 37.1 Å². The summed E-state index contributed by atoms with van der Waals surface area (Å²) in [7, 11) is 0. The first kappa shape index (κ1) is 13.3. The van der Waals surface area contributed by atoms with Gasteiger partial charge in [0.05, 0.1) is 0 Å². The molecule has 0 spiro atoms. The summed E-state index contributed by atoms with van der Waals surface area (Å²) in [5, 5.41) is 10.9. The van der Waals surface area contributed by atoms with Gasteiger partial charge in [0.15, 0.2) is 0 Å². The van der Waals surface area contributed by atoms with Crippen molar-refractivity contribution in [2.75, 3.05) is 13.1 Å². The highest BCUT2D eigenvalue weighted by Crippen LogP contribution is 2.20. The number of nitrogens with zero attached hydrogens (tertiary/aromatic N) is 1. The van der Waals surface area contributed by atoms with Crippen molar-refractivity contribution in [3.63, 3.8) is 0 Å². The second kappa shape index (κ2) is 5.26. The first-order valence-electron chi connectivity index (χ1n) is 6.04. The van der Waals surface area contributed by atoms with E-state index < -0.39 is 6.09 Å². The van der Waals surface area contributed by atoms with Crippen molar-refractivity contribution in [2.45, 2.75) is 19.4 Å². The molecule has 0 radical (unpaired) electrons. The number of hydrogen-bond acceptors (Lipinski definition) is 2. The molecule has 0 fully saturated rings. The summed E-state index contributed by atoms with van der Waals surface area (Å²) in [4.78, 5) is 24.3. The van der Waals surface area contributed by atoms with Crippen LogP contribution in [0.2, 0.25) is 0 Å². The Kier molecular flexibility index (Phi) is 3.69. The maximum Gasteiger partial charge on any atom is 0.404 e. The van der Waals surface area contributed by atoms with Gasteiger partial charge in [0, 0.05) is 24.7 Å². The molecule has 1 aliphatic rings. The number of halogens is 1. The molecule has 0 saturated heterocycles. The number of fused-ring (bicyclic) bond motifs is 1. The number of carbonyl (C=O) groups excluding carboxylic acids is 1. The second-order valence-corrected chi connectivity index (χ2v) is 4.65. The molecule has 0 saturated carbocycles. The largest absolute Gasteiger partial charge is 0.465 e.